The summed E-state index contributed by atoms with van der Waals surface area (Å²) in [6.45, 7) is 17.6. The van der Waals surface area contributed by atoms with E-state index in [1.807, 2.05) is 27.7 Å². The second-order valence-corrected chi connectivity index (χ2v) is 14.6. The fourth-order valence-corrected chi connectivity index (χ4v) is 6.41. The van der Waals surface area contributed by atoms with E-state index >= 15 is 0 Å². The van der Waals surface area contributed by atoms with Gasteiger partial charge in [-0.05, 0) is 65.5 Å². The molecule has 11 heteroatoms. The van der Waals surface area contributed by atoms with Crippen LogP contribution in [0.2, 0.25) is 0 Å². The Bertz CT molecular complexity index is 1130. The van der Waals surface area contributed by atoms with Crippen LogP contribution in [-0.4, -0.2) is 122 Å². The average Bonchev–Trinajstić information content (AvgIpc) is 3.77. The second-order valence-electron chi connectivity index (χ2n) is 14.6. The van der Waals surface area contributed by atoms with E-state index in [-0.39, 0.29) is 43.3 Å². The SMILES string of the molecule is CCC(O)C(C)C1OC1CC(C)(O)/C=C/C=C(\C)C1OC(=O)CC(O)CCC(C)(O)C(OC(=O)N2CCN(C(C)C)CC2)/C=C\C1C. The lowest BCUT2D eigenvalue weighted by molar-refractivity contribution is -0.151. The number of esters is 1. The quantitative estimate of drug-likeness (QED) is 0.118. The van der Waals surface area contributed by atoms with Crippen molar-refractivity contribution in [3.05, 3.63) is 36.0 Å². The topological polar surface area (TPSA) is 153 Å². The van der Waals surface area contributed by atoms with E-state index < -0.39 is 47.7 Å². The number of nitrogens with zero attached hydrogens (tertiary/aromatic N) is 2. The molecule has 0 radical (unpaired) electrons. The summed E-state index contributed by atoms with van der Waals surface area (Å²) in [5.74, 6) is -0.946. The molecule has 3 rings (SSSR count). The molecule has 268 valence electrons. The lowest BCUT2D eigenvalue weighted by Crippen LogP contribution is -2.52. The van der Waals surface area contributed by atoms with Crippen molar-refractivity contribution in [3.63, 3.8) is 0 Å². The fraction of sp³-hybridized carbons (Fsp3) is 0.778. The second kappa shape index (κ2) is 16.9. The van der Waals surface area contributed by atoms with E-state index in [4.69, 9.17) is 14.2 Å². The molecule has 11 nitrogen and oxygen atoms in total. The number of hydrogen-bond acceptors (Lipinski definition) is 10. The Morgan fingerprint density at radius 3 is 2.49 bits per heavy atom. The fourth-order valence-electron chi connectivity index (χ4n) is 6.41. The summed E-state index contributed by atoms with van der Waals surface area (Å²) in [6, 6.07) is 0.388. The van der Waals surface area contributed by atoms with Crippen LogP contribution < -0.4 is 0 Å². The van der Waals surface area contributed by atoms with E-state index in [1.165, 1.54) is 0 Å². The predicted octanol–water partition coefficient (Wildman–Crippen LogP) is 3.74. The maximum absolute atomic E-state index is 13.2. The molecule has 4 N–H and O–H groups in total. The van der Waals surface area contributed by atoms with Crippen molar-refractivity contribution in [3.8, 4) is 0 Å². The van der Waals surface area contributed by atoms with E-state index in [9.17, 15) is 30.0 Å². The van der Waals surface area contributed by atoms with Gasteiger partial charge in [0, 0.05) is 50.5 Å². The highest BCUT2D eigenvalue weighted by Gasteiger charge is 2.47. The molecule has 0 aromatic carbocycles. The zero-order valence-electron chi connectivity index (χ0n) is 29.7. The first-order valence-corrected chi connectivity index (χ1v) is 17.3. The Kier molecular flexibility index (Phi) is 14.1. The van der Waals surface area contributed by atoms with Crippen LogP contribution in [0.3, 0.4) is 0 Å². The van der Waals surface area contributed by atoms with E-state index in [1.54, 1.807) is 49.1 Å². The van der Waals surface area contributed by atoms with Gasteiger partial charge < -0.3 is 39.5 Å². The molecule has 0 saturated carbocycles. The maximum Gasteiger partial charge on any atom is 0.410 e. The first-order valence-electron chi connectivity index (χ1n) is 17.3. The van der Waals surface area contributed by atoms with Crippen molar-refractivity contribution >= 4 is 12.1 Å². The van der Waals surface area contributed by atoms with Crippen LogP contribution in [0.4, 0.5) is 4.79 Å². The summed E-state index contributed by atoms with van der Waals surface area (Å²) in [5, 5.41) is 43.2. The summed E-state index contributed by atoms with van der Waals surface area (Å²) in [6.07, 6.45) is 5.72. The van der Waals surface area contributed by atoms with Crippen molar-refractivity contribution in [1.29, 1.82) is 0 Å². The standard InChI is InChI=1S/C36H60N2O9/c1-9-28(40)26(6)33-29(45-33)22-35(7,43)15-10-11-24(4)32-25(5)12-13-30(36(8,44)16-14-27(39)21-31(41)47-32)46-34(42)38-19-17-37(18-20-38)23(2)3/h10-13,15,23,25-30,32-33,39-40,43-44H,9,14,16-22H2,1-8H3/b13-12-,15-10+,24-11+. The van der Waals surface area contributed by atoms with Gasteiger partial charge in [-0.1, -0.05) is 45.1 Å². The molecule has 0 aliphatic carbocycles. The molecule has 10 atom stereocenters. The minimum absolute atomic E-state index is 0.0111. The highest BCUT2D eigenvalue weighted by atomic mass is 16.6. The Morgan fingerprint density at radius 1 is 1.21 bits per heavy atom. The number of amides is 1. The summed E-state index contributed by atoms with van der Waals surface area (Å²) >= 11 is 0. The van der Waals surface area contributed by atoms with Gasteiger partial charge in [-0.15, -0.1) is 0 Å². The van der Waals surface area contributed by atoms with Crippen LogP contribution in [0.5, 0.6) is 0 Å². The van der Waals surface area contributed by atoms with Gasteiger partial charge in [0.2, 0.25) is 0 Å². The predicted molar refractivity (Wildman–Crippen MR) is 179 cm³/mol. The smallest absolute Gasteiger partial charge is 0.410 e. The van der Waals surface area contributed by atoms with Crippen LogP contribution in [0, 0.1) is 11.8 Å². The van der Waals surface area contributed by atoms with Gasteiger partial charge in [-0.2, -0.15) is 0 Å². The third kappa shape index (κ3) is 11.7. The molecule has 0 aromatic rings. The van der Waals surface area contributed by atoms with Gasteiger partial charge in [0.15, 0.2) is 6.10 Å². The van der Waals surface area contributed by atoms with Gasteiger partial charge in [-0.3, -0.25) is 9.69 Å². The molecule has 0 aromatic heterocycles. The number of epoxide rings is 1. The number of allylic oxidation sites excluding steroid dienone is 2. The minimum Gasteiger partial charge on any atom is -0.457 e. The van der Waals surface area contributed by atoms with Crippen LogP contribution >= 0.6 is 0 Å². The highest BCUT2D eigenvalue weighted by molar-refractivity contribution is 5.70. The first kappa shape index (κ1) is 39.2. The third-order valence-electron chi connectivity index (χ3n) is 9.90. The zero-order valence-corrected chi connectivity index (χ0v) is 29.7. The van der Waals surface area contributed by atoms with E-state index in [0.717, 1.165) is 13.1 Å². The number of rotatable bonds is 10. The van der Waals surface area contributed by atoms with Crippen molar-refractivity contribution in [1.82, 2.24) is 9.80 Å². The number of hydrogen-bond donors (Lipinski definition) is 4. The Morgan fingerprint density at radius 2 is 1.87 bits per heavy atom. The van der Waals surface area contributed by atoms with E-state index in [0.29, 0.717) is 37.5 Å². The Labute approximate surface area is 281 Å². The Balaban J connectivity index is 1.74. The monoisotopic (exact) mass is 664 g/mol. The molecule has 2 fully saturated rings. The molecular weight excluding hydrogens is 604 g/mol. The molecular formula is C36H60N2O9. The van der Waals surface area contributed by atoms with Crippen molar-refractivity contribution in [2.24, 2.45) is 11.8 Å². The molecule has 3 aliphatic heterocycles. The van der Waals surface area contributed by atoms with Crippen molar-refractivity contribution < 1.29 is 44.2 Å². The first-order chi connectivity index (χ1) is 21.9. The summed E-state index contributed by atoms with van der Waals surface area (Å²) in [5.41, 5.74) is -1.94. The highest BCUT2D eigenvalue weighted by Crippen LogP contribution is 2.37. The number of cyclic esters (lactones) is 1. The molecule has 3 aliphatic rings. The van der Waals surface area contributed by atoms with Crippen molar-refractivity contribution in [2.45, 2.75) is 141 Å². The number of ether oxygens (including phenoxy) is 3. The lowest BCUT2D eigenvalue weighted by atomic mass is 9.88. The maximum atomic E-state index is 13.2. The Hall–Kier alpha value is -2.28. The molecule has 1 amide bonds. The van der Waals surface area contributed by atoms with Gasteiger partial charge in [0.1, 0.15) is 11.7 Å². The number of aliphatic hydroxyl groups is 4. The summed E-state index contributed by atoms with van der Waals surface area (Å²) in [4.78, 5) is 30.0. The largest absolute Gasteiger partial charge is 0.457 e. The number of carbonyl (C=O) groups is 2. The molecule has 2 saturated heterocycles. The third-order valence-corrected chi connectivity index (χ3v) is 9.90. The molecule has 0 bridgehead atoms. The van der Waals surface area contributed by atoms with Crippen LogP contribution in [0.15, 0.2) is 36.0 Å². The molecule has 3 heterocycles. The zero-order chi connectivity index (χ0) is 35.1. The van der Waals surface area contributed by atoms with Gasteiger partial charge >= 0.3 is 12.1 Å². The molecule has 47 heavy (non-hydrogen) atoms. The molecule has 10 unspecified atom stereocenters. The van der Waals surface area contributed by atoms with Gasteiger partial charge in [0.05, 0.1) is 36.4 Å². The lowest BCUT2D eigenvalue weighted by Gasteiger charge is -2.38. The van der Waals surface area contributed by atoms with Crippen LogP contribution in [-0.2, 0) is 19.0 Å². The normalized spacial score (nSPS) is 35.0. The summed E-state index contributed by atoms with van der Waals surface area (Å²) < 4.78 is 17.5. The molecule has 0 spiro atoms. The number of piperazine rings is 1. The number of carbonyl (C=O) groups excluding carboxylic acids is 2. The van der Waals surface area contributed by atoms with Crippen molar-refractivity contribution in [2.75, 3.05) is 26.2 Å². The van der Waals surface area contributed by atoms with E-state index in [2.05, 4.69) is 18.7 Å². The minimum atomic E-state index is -1.49. The van der Waals surface area contributed by atoms with Gasteiger partial charge in [-0.25, -0.2) is 4.79 Å². The van der Waals surface area contributed by atoms with Crippen LogP contribution in [0.1, 0.15) is 87.5 Å². The van der Waals surface area contributed by atoms with Crippen LogP contribution in [0.25, 0.3) is 0 Å². The summed E-state index contributed by atoms with van der Waals surface area (Å²) in [7, 11) is 0. The average molecular weight is 665 g/mol. The number of aliphatic hydroxyl groups excluding tert-OH is 2. The van der Waals surface area contributed by atoms with Gasteiger partial charge in [0.25, 0.3) is 0 Å².